The highest BCUT2D eigenvalue weighted by molar-refractivity contribution is 6.30. The molecule has 1 aromatic heterocycles. The molecule has 2 saturated carbocycles. The molecule has 6 nitrogen and oxygen atoms in total. The Morgan fingerprint density at radius 3 is 2.33 bits per heavy atom. The first-order valence-corrected chi connectivity index (χ1v) is 12.5. The van der Waals surface area contributed by atoms with Gasteiger partial charge >= 0.3 is 0 Å². The fourth-order valence-corrected chi connectivity index (χ4v) is 5.91. The van der Waals surface area contributed by atoms with Gasteiger partial charge in [0.1, 0.15) is 5.82 Å². The molecule has 4 aliphatic rings. The summed E-state index contributed by atoms with van der Waals surface area (Å²) in [7, 11) is 0. The highest BCUT2D eigenvalue weighted by Gasteiger charge is 2.52. The van der Waals surface area contributed by atoms with Crippen LogP contribution in [0.2, 0.25) is 5.02 Å². The Morgan fingerprint density at radius 2 is 1.73 bits per heavy atom. The van der Waals surface area contributed by atoms with Gasteiger partial charge in [0.15, 0.2) is 0 Å². The monoisotopic (exact) mass is 464 g/mol. The number of anilines is 1. The van der Waals surface area contributed by atoms with E-state index >= 15 is 0 Å². The van der Waals surface area contributed by atoms with E-state index in [1.54, 1.807) is 6.20 Å². The van der Waals surface area contributed by atoms with Crippen LogP contribution in [0.4, 0.5) is 5.82 Å². The molecular formula is C26H29ClN4O2. The van der Waals surface area contributed by atoms with E-state index in [-0.39, 0.29) is 17.9 Å². The molecule has 0 radical (unpaired) electrons. The molecule has 6 rings (SSSR count). The summed E-state index contributed by atoms with van der Waals surface area (Å²) in [6, 6.07) is 12.9. The summed E-state index contributed by atoms with van der Waals surface area (Å²) >= 11 is 6.18. The van der Waals surface area contributed by atoms with Gasteiger partial charge in [-0.15, -0.1) is 0 Å². The molecular weight excluding hydrogens is 436 g/mol. The normalized spacial score (nSPS) is 27.2. The van der Waals surface area contributed by atoms with Crippen LogP contribution in [-0.2, 0) is 10.2 Å². The van der Waals surface area contributed by atoms with Crippen molar-refractivity contribution in [3.8, 4) is 0 Å². The summed E-state index contributed by atoms with van der Waals surface area (Å²) in [5.74, 6) is 1.05. The number of hydrogen-bond acceptors (Lipinski definition) is 4. The largest absolute Gasteiger partial charge is 0.352 e. The second kappa shape index (κ2) is 8.01. The number of rotatable bonds is 6. The average molecular weight is 465 g/mol. The zero-order valence-corrected chi connectivity index (χ0v) is 19.4. The van der Waals surface area contributed by atoms with Crippen molar-refractivity contribution in [3.63, 3.8) is 0 Å². The van der Waals surface area contributed by atoms with Gasteiger partial charge < -0.3 is 15.5 Å². The molecule has 2 bridgehead atoms. The van der Waals surface area contributed by atoms with Gasteiger partial charge in [0.25, 0.3) is 5.91 Å². The molecule has 2 N–H and O–H groups in total. The third-order valence-electron chi connectivity index (χ3n) is 7.82. The lowest BCUT2D eigenvalue weighted by Crippen LogP contribution is -2.52. The first-order valence-electron chi connectivity index (χ1n) is 12.1. The van der Waals surface area contributed by atoms with Crippen LogP contribution in [0, 0.1) is 0 Å². The lowest BCUT2D eigenvalue weighted by Gasteiger charge is -2.40. The van der Waals surface area contributed by atoms with E-state index in [4.69, 9.17) is 11.6 Å². The van der Waals surface area contributed by atoms with E-state index in [0.717, 1.165) is 62.7 Å². The van der Waals surface area contributed by atoms with Crippen LogP contribution < -0.4 is 15.5 Å². The Bertz CT molecular complexity index is 1070. The van der Waals surface area contributed by atoms with Crippen molar-refractivity contribution in [3.05, 3.63) is 58.7 Å². The Balaban J connectivity index is 1.11. The molecule has 3 atom stereocenters. The van der Waals surface area contributed by atoms with Gasteiger partial charge in [-0.1, -0.05) is 23.7 Å². The molecule has 2 aromatic rings. The molecule has 2 aliphatic heterocycles. The van der Waals surface area contributed by atoms with E-state index in [0.29, 0.717) is 28.7 Å². The number of amides is 2. The Hall–Kier alpha value is -2.60. The molecule has 1 unspecified atom stereocenters. The van der Waals surface area contributed by atoms with Gasteiger partial charge in [0, 0.05) is 35.4 Å². The quantitative estimate of drug-likeness (QED) is 0.678. The summed E-state index contributed by atoms with van der Waals surface area (Å²) in [5, 5.41) is 7.08. The summed E-state index contributed by atoms with van der Waals surface area (Å²) in [6.45, 7) is 0. The topological polar surface area (TPSA) is 74.3 Å². The second-order valence-electron chi connectivity index (χ2n) is 10.2. The summed E-state index contributed by atoms with van der Waals surface area (Å²) in [5.41, 5.74) is 1.25. The standard InChI is InChI=1S/C26H29ClN4O2/c27-18-3-1-2-17(12-18)26(10-11-26)25(33)30-20-13-21-7-8-22(14-20)31(21)23-9-4-16(15-28-23)24(32)29-19-5-6-19/h1-4,9,12,15,19-22H,5-8,10-11,13-14H2,(H,29,32)(H,30,33)/t20?,21-,22+. The van der Waals surface area contributed by atoms with Crippen LogP contribution in [-0.4, -0.2) is 41.0 Å². The van der Waals surface area contributed by atoms with Crippen molar-refractivity contribution in [2.45, 2.75) is 80.9 Å². The highest BCUT2D eigenvalue weighted by Crippen LogP contribution is 2.49. The van der Waals surface area contributed by atoms with Crippen LogP contribution in [0.3, 0.4) is 0 Å². The lowest BCUT2D eigenvalue weighted by molar-refractivity contribution is -0.124. The maximum Gasteiger partial charge on any atom is 0.253 e. The predicted molar refractivity (Wildman–Crippen MR) is 128 cm³/mol. The molecule has 172 valence electrons. The molecule has 1 aromatic carbocycles. The zero-order chi connectivity index (χ0) is 22.6. The number of nitrogens with one attached hydrogen (secondary N) is 2. The van der Waals surface area contributed by atoms with E-state index in [1.807, 2.05) is 36.4 Å². The van der Waals surface area contributed by atoms with Crippen molar-refractivity contribution in [1.82, 2.24) is 15.6 Å². The molecule has 2 amide bonds. The number of piperidine rings is 1. The number of hydrogen-bond donors (Lipinski definition) is 2. The van der Waals surface area contributed by atoms with Crippen LogP contribution in [0.15, 0.2) is 42.6 Å². The Labute approximate surface area is 199 Å². The van der Waals surface area contributed by atoms with E-state index in [2.05, 4.69) is 20.5 Å². The number of carbonyl (C=O) groups excluding carboxylic acids is 2. The van der Waals surface area contributed by atoms with Crippen molar-refractivity contribution in [2.75, 3.05) is 4.90 Å². The second-order valence-corrected chi connectivity index (χ2v) is 10.6. The number of halogens is 1. The first-order chi connectivity index (χ1) is 16.0. The van der Waals surface area contributed by atoms with Crippen LogP contribution in [0.25, 0.3) is 0 Å². The number of aromatic nitrogens is 1. The number of benzene rings is 1. The zero-order valence-electron chi connectivity index (χ0n) is 18.6. The van der Waals surface area contributed by atoms with Gasteiger partial charge in [-0.25, -0.2) is 4.98 Å². The minimum atomic E-state index is -0.403. The first kappa shape index (κ1) is 21.0. The minimum Gasteiger partial charge on any atom is -0.352 e. The molecule has 4 fully saturated rings. The smallest absolute Gasteiger partial charge is 0.253 e. The van der Waals surface area contributed by atoms with Crippen LogP contribution >= 0.6 is 11.6 Å². The van der Waals surface area contributed by atoms with Gasteiger partial charge in [-0.2, -0.15) is 0 Å². The van der Waals surface area contributed by atoms with E-state index in [9.17, 15) is 9.59 Å². The van der Waals surface area contributed by atoms with Crippen molar-refractivity contribution >= 4 is 29.2 Å². The van der Waals surface area contributed by atoms with Crippen LogP contribution in [0.1, 0.15) is 67.3 Å². The highest BCUT2D eigenvalue weighted by atomic mass is 35.5. The van der Waals surface area contributed by atoms with Crippen molar-refractivity contribution in [1.29, 1.82) is 0 Å². The minimum absolute atomic E-state index is 0.0327. The van der Waals surface area contributed by atoms with Gasteiger partial charge in [0.05, 0.1) is 11.0 Å². The fraction of sp³-hybridized carbons (Fsp3) is 0.500. The third kappa shape index (κ3) is 3.99. The van der Waals surface area contributed by atoms with Gasteiger partial charge in [0.2, 0.25) is 5.91 Å². The van der Waals surface area contributed by atoms with E-state index < -0.39 is 5.41 Å². The summed E-state index contributed by atoms with van der Waals surface area (Å²) < 4.78 is 0. The van der Waals surface area contributed by atoms with Crippen molar-refractivity contribution in [2.24, 2.45) is 0 Å². The Kier molecular flexibility index (Phi) is 5.09. The van der Waals surface area contributed by atoms with Gasteiger partial charge in [-0.3, -0.25) is 9.59 Å². The average Bonchev–Trinajstić information content (AvgIpc) is 3.73. The summed E-state index contributed by atoms with van der Waals surface area (Å²) in [4.78, 5) is 32.6. The molecule has 2 aliphatic carbocycles. The number of carbonyl (C=O) groups is 2. The molecule has 2 saturated heterocycles. The summed E-state index contributed by atoms with van der Waals surface area (Å²) in [6.07, 6.45) is 9.70. The van der Waals surface area contributed by atoms with E-state index in [1.165, 1.54) is 0 Å². The van der Waals surface area contributed by atoms with Gasteiger partial charge in [-0.05, 0) is 81.2 Å². The lowest BCUT2D eigenvalue weighted by atomic mass is 9.92. The van der Waals surface area contributed by atoms with Crippen LogP contribution in [0.5, 0.6) is 0 Å². The SMILES string of the molecule is O=C(NC1CC1)c1ccc(N2[C@@H]3CC[C@H]2CC(NC(=O)C2(c4cccc(Cl)c4)CC2)C3)nc1. The Morgan fingerprint density at radius 1 is 0.970 bits per heavy atom. The molecule has 3 heterocycles. The maximum absolute atomic E-state index is 13.3. The molecule has 33 heavy (non-hydrogen) atoms. The predicted octanol–water partition coefficient (Wildman–Crippen LogP) is 3.98. The third-order valence-corrected chi connectivity index (χ3v) is 8.05. The maximum atomic E-state index is 13.3. The molecule has 7 heteroatoms. The number of nitrogens with zero attached hydrogens (tertiary/aromatic N) is 2. The molecule has 0 spiro atoms. The fourth-order valence-electron chi connectivity index (χ4n) is 5.72. The van der Waals surface area contributed by atoms with Crippen molar-refractivity contribution < 1.29 is 9.59 Å². The number of pyridine rings is 1. The number of fused-ring (bicyclic) bond motifs is 2.